The van der Waals surface area contributed by atoms with Gasteiger partial charge in [-0.2, -0.15) is 0 Å². The third-order valence-electron chi connectivity index (χ3n) is 2.96. The lowest BCUT2D eigenvalue weighted by Crippen LogP contribution is -2.36. The maximum absolute atomic E-state index is 12.0. The highest BCUT2D eigenvalue weighted by Gasteiger charge is 2.17. The fraction of sp³-hybridized carbons (Fsp3) is 0.500. The highest BCUT2D eigenvalue weighted by Crippen LogP contribution is 2.20. The molecule has 0 saturated carbocycles. The Kier molecular flexibility index (Phi) is 5.30. The first-order chi connectivity index (χ1) is 9.11. The number of nitrogens with one attached hydrogen (secondary N) is 1. The molecule has 0 aliphatic heterocycles. The Morgan fingerprint density at radius 1 is 1.35 bits per heavy atom. The van der Waals surface area contributed by atoms with Crippen molar-refractivity contribution in [2.75, 3.05) is 11.6 Å². The average molecular weight is 298 g/mol. The van der Waals surface area contributed by atoms with Gasteiger partial charge in [0.15, 0.2) is 9.84 Å². The second-order valence-electron chi connectivity index (χ2n) is 5.47. The van der Waals surface area contributed by atoms with Crippen LogP contribution in [0.2, 0.25) is 0 Å². The fourth-order valence-corrected chi connectivity index (χ4v) is 2.45. The number of hydrogen-bond acceptors (Lipinski definition) is 4. The maximum atomic E-state index is 12.0. The summed E-state index contributed by atoms with van der Waals surface area (Å²) in [5.74, 6) is 0.0200. The van der Waals surface area contributed by atoms with Crippen molar-refractivity contribution in [2.24, 2.45) is 11.7 Å². The topological polar surface area (TPSA) is 89.3 Å². The molecule has 1 atom stereocenters. The molecule has 0 aliphatic rings. The van der Waals surface area contributed by atoms with Crippen molar-refractivity contribution in [1.82, 2.24) is 0 Å². The molecule has 1 aromatic carbocycles. The van der Waals surface area contributed by atoms with Gasteiger partial charge >= 0.3 is 0 Å². The van der Waals surface area contributed by atoms with Crippen molar-refractivity contribution >= 4 is 21.4 Å². The van der Waals surface area contributed by atoms with Gasteiger partial charge in [-0.15, -0.1) is 0 Å². The first-order valence-corrected chi connectivity index (χ1v) is 8.37. The first-order valence-electron chi connectivity index (χ1n) is 6.48. The number of hydrogen-bond donors (Lipinski definition) is 2. The Hall–Kier alpha value is -1.40. The summed E-state index contributed by atoms with van der Waals surface area (Å²) in [6, 6.07) is 4.05. The molecule has 3 N–H and O–H groups in total. The molecular formula is C14H22N2O3S. The average Bonchev–Trinajstić information content (AvgIpc) is 2.29. The highest BCUT2D eigenvalue weighted by molar-refractivity contribution is 7.90. The molecule has 0 unspecified atom stereocenters. The van der Waals surface area contributed by atoms with E-state index in [1.807, 2.05) is 13.8 Å². The van der Waals surface area contributed by atoms with E-state index in [0.29, 0.717) is 18.0 Å². The van der Waals surface area contributed by atoms with Gasteiger partial charge in [0, 0.05) is 11.9 Å². The third kappa shape index (κ3) is 4.61. The van der Waals surface area contributed by atoms with Crippen LogP contribution in [0.25, 0.3) is 0 Å². The number of rotatable bonds is 5. The van der Waals surface area contributed by atoms with Crippen LogP contribution in [0.1, 0.15) is 25.8 Å². The zero-order valence-electron chi connectivity index (χ0n) is 12.3. The van der Waals surface area contributed by atoms with Crippen molar-refractivity contribution in [3.63, 3.8) is 0 Å². The van der Waals surface area contributed by atoms with E-state index in [1.54, 1.807) is 13.0 Å². The van der Waals surface area contributed by atoms with Gasteiger partial charge in [0.2, 0.25) is 5.91 Å². The van der Waals surface area contributed by atoms with Crippen LogP contribution in [0, 0.1) is 12.8 Å². The molecule has 0 aliphatic carbocycles. The molecule has 6 heteroatoms. The van der Waals surface area contributed by atoms with Crippen molar-refractivity contribution in [2.45, 2.75) is 38.1 Å². The smallest absolute Gasteiger partial charge is 0.241 e. The van der Waals surface area contributed by atoms with Crippen LogP contribution >= 0.6 is 0 Å². The van der Waals surface area contributed by atoms with Crippen LogP contribution < -0.4 is 11.1 Å². The lowest BCUT2D eigenvalue weighted by atomic mass is 10.0. The van der Waals surface area contributed by atoms with Crippen LogP contribution in [-0.4, -0.2) is 26.6 Å². The molecular weight excluding hydrogens is 276 g/mol. The molecule has 112 valence electrons. The van der Waals surface area contributed by atoms with E-state index >= 15 is 0 Å². The lowest BCUT2D eigenvalue weighted by Gasteiger charge is -2.16. The second-order valence-corrected chi connectivity index (χ2v) is 7.49. The third-order valence-corrected chi connectivity index (χ3v) is 4.07. The van der Waals surface area contributed by atoms with Crippen molar-refractivity contribution in [3.8, 4) is 0 Å². The van der Waals surface area contributed by atoms with Gasteiger partial charge in [-0.1, -0.05) is 19.9 Å². The number of aryl methyl sites for hydroxylation is 1. The monoisotopic (exact) mass is 298 g/mol. The molecule has 0 bridgehead atoms. The molecule has 0 radical (unpaired) electrons. The summed E-state index contributed by atoms with van der Waals surface area (Å²) in [7, 11) is -3.30. The lowest BCUT2D eigenvalue weighted by molar-refractivity contribution is -0.117. The standard InChI is InChI=1S/C14H22N2O3S/c1-9(2)7-12(15)14(17)16-13-8-11(20(4,18)19)6-5-10(13)3/h5-6,8-9,12H,7,15H2,1-4H3,(H,16,17)/t12-/m0/s1. The van der Waals surface area contributed by atoms with Crippen LogP contribution in [0.5, 0.6) is 0 Å². The summed E-state index contributed by atoms with van der Waals surface area (Å²) in [6.45, 7) is 5.78. The minimum absolute atomic E-state index is 0.177. The SMILES string of the molecule is Cc1ccc(S(C)(=O)=O)cc1NC(=O)[C@@H](N)CC(C)C. The van der Waals surface area contributed by atoms with Gasteiger partial charge in [-0.05, 0) is 37.0 Å². The molecule has 20 heavy (non-hydrogen) atoms. The van der Waals surface area contributed by atoms with Gasteiger partial charge in [0.05, 0.1) is 10.9 Å². The summed E-state index contributed by atoms with van der Waals surface area (Å²) >= 11 is 0. The second kappa shape index (κ2) is 6.37. The summed E-state index contributed by atoms with van der Waals surface area (Å²) in [4.78, 5) is 12.2. The predicted molar refractivity (Wildman–Crippen MR) is 80.3 cm³/mol. The molecule has 0 spiro atoms. The summed E-state index contributed by atoms with van der Waals surface area (Å²) in [5, 5.41) is 2.70. The molecule has 1 amide bonds. The van der Waals surface area contributed by atoms with Crippen molar-refractivity contribution in [3.05, 3.63) is 23.8 Å². The predicted octanol–water partition coefficient (Wildman–Crippen LogP) is 1.71. The number of carbonyl (C=O) groups is 1. The summed E-state index contributed by atoms with van der Waals surface area (Å²) in [6.07, 6.45) is 1.71. The van der Waals surface area contributed by atoms with Gasteiger partial charge in [-0.3, -0.25) is 4.79 Å². The Balaban J connectivity index is 2.95. The van der Waals surface area contributed by atoms with E-state index < -0.39 is 15.9 Å². The molecule has 0 aromatic heterocycles. The first kappa shape index (κ1) is 16.7. The number of anilines is 1. The Bertz CT molecular complexity index is 594. The van der Waals surface area contributed by atoms with Gasteiger partial charge < -0.3 is 11.1 Å². The van der Waals surface area contributed by atoms with Crippen LogP contribution in [0.15, 0.2) is 23.1 Å². The van der Waals surface area contributed by atoms with E-state index in [2.05, 4.69) is 5.32 Å². The molecule has 5 nitrogen and oxygen atoms in total. The Labute approximate surface area is 120 Å². The number of carbonyl (C=O) groups excluding carboxylic acids is 1. The zero-order valence-corrected chi connectivity index (χ0v) is 13.1. The van der Waals surface area contributed by atoms with Crippen molar-refractivity contribution in [1.29, 1.82) is 0 Å². The Morgan fingerprint density at radius 2 is 1.95 bits per heavy atom. The summed E-state index contributed by atoms with van der Waals surface area (Å²) in [5.41, 5.74) is 7.09. The number of nitrogens with two attached hydrogens (primary N) is 1. The van der Waals surface area contributed by atoms with E-state index in [9.17, 15) is 13.2 Å². The molecule has 0 fully saturated rings. The van der Waals surface area contributed by atoms with Crippen molar-refractivity contribution < 1.29 is 13.2 Å². The molecule has 0 saturated heterocycles. The van der Waals surface area contributed by atoms with Gasteiger partial charge in [-0.25, -0.2) is 8.42 Å². The molecule has 1 aromatic rings. The van der Waals surface area contributed by atoms with Gasteiger partial charge in [0.1, 0.15) is 0 Å². The largest absolute Gasteiger partial charge is 0.324 e. The number of amides is 1. The van der Waals surface area contributed by atoms with Crippen LogP contribution in [-0.2, 0) is 14.6 Å². The number of benzene rings is 1. The fourth-order valence-electron chi connectivity index (χ4n) is 1.81. The van der Waals surface area contributed by atoms with E-state index in [-0.39, 0.29) is 10.8 Å². The number of sulfone groups is 1. The highest BCUT2D eigenvalue weighted by atomic mass is 32.2. The zero-order chi connectivity index (χ0) is 15.5. The van der Waals surface area contributed by atoms with Gasteiger partial charge in [0.25, 0.3) is 0 Å². The van der Waals surface area contributed by atoms with E-state index in [4.69, 9.17) is 5.73 Å². The van der Waals surface area contributed by atoms with E-state index in [0.717, 1.165) is 11.8 Å². The van der Waals surface area contributed by atoms with E-state index in [1.165, 1.54) is 12.1 Å². The quantitative estimate of drug-likeness (QED) is 0.866. The van der Waals surface area contributed by atoms with Crippen LogP contribution in [0.4, 0.5) is 5.69 Å². The summed E-state index contributed by atoms with van der Waals surface area (Å²) < 4.78 is 23.0. The normalized spacial score (nSPS) is 13.3. The van der Waals surface area contributed by atoms with Crippen LogP contribution in [0.3, 0.4) is 0 Å². The molecule has 0 heterocycles. The maximum Gasteiger partial charge on any atom is 0.241 e. The minimum Gasteiger partial charge on any atom is -0.324 e. The minimum atomic E-state index is -3.30. The Morgan fingerprint density at radius 3 is 2.45 bits per heavy atom. The molecule has 1 rings (SSSR count).